The van der Waals surface area contributed by atoms with Crippen LogP contribution in [-0.4, -0.2) is 44.3 Å². The van der Waals surface area contributed by atoms with E-state index < -0.39 is 0 Å². The number of fused-ring (bicyclic) bond motifs is 2. The first-order chi connectivity index (χ1) is 10.8. The molecule has 112 valence electrons. The van der Waals surface area contributed by atoms with Gasteiger partial charge in [-0.3, -0.25) is 4.99 Å². The maximum atomic E-state index is 4.72. The molecule has 0 unspecified atom stereocenters. The molecule has 0 aromatic heterocycles. The minimum Gasteiger partial charge on any atom is -0.368 e. The lowest BCUT2D eigenvalue weighted by molar-refractivity contribution is 0.313. The van der Waals surface area contributed by atoms with Gasteiger partial charge in [-0.1, -0.05) is 30.0 Å². The van der Waals surface area contributed by atoms with Crippen LogP contribution >= 0.6 is 11.8 Å². The van der Waals surface area contributed by atoms with E-state index in [4.69, 9.17) is 4.99 Å². The third-order valence-electron chi connectivity index (χ3n) is 4.30. The topological polar surface area (TPSA) is 18.8 Å². The van der Waals surface area contributed by atoms with Gasteiger partial charge in [0.2, 0.25) is 0 Å². The van der Waals surface area contributed by atoms with Crippen molar-refractivity contribution in [1.29, 1.82) is 0 Å². The van der Waals surface area contributed by atoms with Crippen molar-refractivity contribution in [3.05, 3.63) is 48.0 Å². The van der Waals surface area contributed by atoms with Crippen molar-refractivity contribution in [2.75, 3.05) is 38.1 Å². The van der Waals surface area contributed by atoms with Crippen LogP contribution in [0.1, 0.15) is 5.56 Å². The molecule has 2 aliphatic heterocycles. The highest BCUT2D eigenvalue weighted by molar-refractivity contribution is 7.99. The van der Waals surface area contributed by atoms with Crippen molar-refractivity contribution >= 4 is 29.4 Å². The number of hydrogen-bond donors (Lipinski definition) is 0. The molecule has 0 saturated carbocycles. The molecule has 2 aromatic rings. The maximum absolute atomic E-state index is 4.72. The van der Waals surface area contributed by atoms with E-state index in [0.717, 1.165) is 31.9 Å². The maximum Gasteiger partial charge on any atom is 0.0769 e. The smallest absolute Gasteiger partial charge is 0.0769 e. The molecule has 3 nitrogen and oxygen atoms in total. The second-order valence-corrected chi connectivity index (χ2v) is 6.89. The molecule has 0 amide bonds. The van der Waals surface area contributed by atoms with Gasteiger partial charge in [-0.15, -0.1) is 0 Å². The zero-order valence-electron chi connectivity index (χ0n) is 12.7. The van der Waals surface area contributed by atoms with Crippen molar-refractivity contribution < 1.29 is 0 Å². The molecular formula is C18H19N3S. The van der Waals surface area contributed by atoms with Gasteiger partial charge in [0.05, 0.1) is 5.69 Å². The lowest BCUT2D eigenvalue weighted by Crippen LogP contribution is -2.44. The first kappa shape index (κ1) is 13.9. The summed E-state index contributed by atoms with van der Waals surface area (Å²) in [5, 5.41) is 0. The van der Waals surface area contributed by atoms with Crippen molar-refractivity contribution in [2.45, 2.75) is 9.79 Å². The number of aliphatic imine (C=N–C) groups is 1. The fourth-order valence-corrected chi connectivity index (χ4v) is 4.00. The molecule has 1 saturated heterocycles. The van der Waals surface area contributed by atoms with E-state index in [2.05, 4.69) is 53.2 Å². The van der Waals surface area contributed by atoms with Crippen LogP contribution in [0.2, 0.25) is 0 Å². The van der Waals surface area contributed by atoms with Crippen molar-refractivity contribution in [3.63, 3.8) is 0 Å². The third-order valence-corrected chi connectivity index (χ3v) is 5.45. The summed E-state index contributed by atoms with van der Waals surface area (Å²) in [5.74, 6) is 0. The minimum atomic E-state index is 1.06. The van der Waals surface area contributed by atoms with Crippen LogP contribution in [0.3, 0.4) is 0 Å². The molecule has 1 fully saturated rings. The molecule has 4 heteroatoms. The Labute approximate surface area is 135 Å². The number of anilines is 1. The van der Waals surface area contributed by atoms with E-state index >= 15 is 0 Å². The van der Waals surface area contributed by atoms with Crippen molar-refractivity contribution in [2.24, 2.45) is 4.99 Å². The zero-order chi connectivity index (χ0) is 14.9. The van der Waals surface area contributed by atoms with E-state index in [1.807, 2.05) is 24.0 Å². The van der Waals surface area contributed by atoms with Gasteiger partial charge in [0.25, 0.3) is 0 Å². The Hall–Kier alpha value is -1.78. The lowest BCUT2D eigenvalue weighted by atomic mass is 10.1. The Balaban J connectivity index is 1.73. The predicted molar refractivity (Wildman–Crippen MR) is 94.0 cm³/mol. The molecule has 0 spiro atoms. The van der Waals surface area contributed by atoms with Crippen LogP contribution < -0.4 is 4.90 Å². The number of likely N-dealkylation sites (N-methyl/N-ethyl adjacent to an activating group) is 1. The van der Waals surface area contributed by atoms with E-state index in [-0.39, 0.29) is 0 Å². The van der Waals surface area contributed by atoms with E-state index in [1.165, 1.54) is 21.0 Å². The normalized spacial score (nSPS) is 17.8. The van der Waals surface area contributed by atoms with Gasteiger partial charge in [-0.25, -0.2) is 0 Å². The number of nitrogens with zero attached hydrogens (tertiary/aromatic N) is 3. The highest BCUT2D eigenvalue weighted by atomic mass is 32.2. The van der Waals surface area contributed by atoms with Gasteiger partial charge in [0, 0.05) is 53.4 Å². The Kier molecular flexibility index (Phi) is 3.64. The van der Waals surface area contributed by atoms with Gasteiger partial charge in [0.1, 0.15) is 0 Å². The molecule has 0 aliphatic carbocycles. The summed E-state index contributed by atoms with van der Waals surface area (Å²) in [6.07, 6.45) is 2.04. The highest BCUT2D eigenvalue weighted by Crippen LogP contribution is 2.41. The van der Waals surface area contributed by atoms with Gasteiger partial charge in [-0.05, 0) is 31.3 Å². The average molecular weight is 309 g/mol. The molecule has 2 aromatic carbocycles. The van der Waals surface area contributed by atoms with Crippen LogP contribution in [0.4, 0.5) is 11.4 Å². The summed E-state index contributed by atoms with van der Waals surface area (Å²) in [6, 6.07) is 15.0. The van der Waals surface area contributed by atoms with Crippen LogP contribution in [0, 0.1) is 0 Å². The van der Waals surface area contributed by atoms with Gasteiger partial charge >= 0.3 is 0 Å². The summed E-state index contributed by atoms with van der Waals surface area (Å²) < 4.78 is 0. The molecule has 0 N–H and O–H groups in total. The largest absolute Gasteiger partial charge is 0.368 e. The molecule has 4 rings (SSSR count). The summed E-state index contributed by atoms with van der Waals surface area (Å²) >= 11 is 1.82. The molecule has 0 atom stereocenters. The first-order valence-corrected chi connectivity index (χ1v) is 8.50. The molecule has 2 heterocycles. The second-order valence-electron chi connectivity index (χ2n) is 5.81. The number of rotatable bonds is 1. The Morgan fingerprint density at radius 2 is 1.68 bits per heavy atom. The Morgan fingerprint density at radius 3 is 2.55 bits per heavy atom. The summed E-state index contributed by atoms with van der Waals surface area (Å²) in [5.41, 5.74) is 3.64. The van der Waals surface area contributed by atoms with Gasteiger partial charge < -0.3 is 9.80 Å². The van der Waals surface area contributed by atoms with Crippen LogP contribution in [-0.2, 0) is 0 Å². The standard InChI is InChI=1S/C18H19N3S/c1-20-9-11-21(12-10-20)16-6-4-8-17-14(16)13-19-15-5-2-3-7-18(15)22-17/h2-8,13H,9-12H2,1H3. The SMILES string of the molecule is CN1CCN(c2cccc3c2C=Nc2ccccc2S3)CC1. The van der Waals surface area contributed by atoms with E-state index in [1.54, 1.807) is 0 Å². The Morgan fingerprint density at radius 1 is 0.909 bits per heavy atom. The highest BCUT2D eigenvalue weighted by Gasteiger charge is 2.20. The number of hydrogen-bond acceptors (Lipinski definition) is 4. The quantitative estimate of drug-likeness (QED) is 0.684. The Bertz CT molecular complexity index is 718. The van der Waals surface area contributed by atoms with Crippen molar-refractivity contribution in [1.82, 2.24) is 4.90 Å². The van der Waals surface area contributed by atoms with Crippen molar-refractivity contribution in [3.8, 4) is 0 Å². The molecule has 0 bridgehead atoms. The predicted octanol–water partition coefficient (Wildman–Crippen LogP) is 3.65. The molecule has 22 heavy (non-hydrogen) atoms. The van der Waals surface area contributed by atoms with E-state index in [0.29, 0.717) is 0 Å². The van der Waals surface area contributed by atoms with E-state index in [9.17, 15) is 0 Å². The number of piperazine rings is 1. The average Bonchev–Trinajstić information content (AvgIpc) is 2.74. The second kappa shape index (κ2) is 5.78. The summed E-state index contributed by atoms with van der Waals surface area (Å²) in [4.78, 5) is 12.1. The fraction of sp³-hybridized carbons (Fsp3) is 0.278. The van der Waals surface area contributed by atoms with Gasteiger partial charge in [-0.2, -0.15) is 0 Å². The van der Waals surface area contributed by atoms with Gasteiger partial charge in [0.15, 0.2) is 0 Å². The minimum absolute atomic E-state index is 1.06. The van der Waals surface area contributed by atoms with Crippen LogP contribution in [0.5, 0.6) is 0 Å². The molecule has 0 radical (unpaired) electrons. The summed E-state index contributed by atoms with van der Waals surface area (Å²) in [6.45, 7) is 4.40. The first-order valence-electron chi connectivity index (χ1n) is 7.69. The third kappa shape index (κ3) is 2.53. The zero-order valence-corrected chi connectivity index (χ0v) is 13.5. The summed E-state index contributed by atoms with van der Waals surface area (Å²) in [7, 11) is 2.19. The molecular weight excluding hydrogens is 290 g/mol. The van der Waals surface area contributed by atoms with Crippen LogP contribution in [0.15, 0.2) is 57.2 Å². The molecule has 2 aliphatic rings. The number of para-hydroxylation sites is 1. The lowest BCUT2D eigenvalue weighted by Gasteiger charge is -2.35. The fourth-order valence-electron chi connectivity index (χ4n) is 2.98. The number of benzene rings is 2. The van der Waals surface area contributed by atoms with Crippen LogP contribution in [0.25, 0.3) is 0 Å². The monoisotopic (exact) mass is 309 g/mol.